The van der Waals surface area contributed by atoms with Gasteiger partial charge in [0.2, 0.25) is 0 Å². The van der Waals surface area contributed by atoms with Crippen molar-refractivity contribution < 1.29 is 38.1 Å². The number of hydrogen-bond donors (Lipinski definition) is 2. The average molecular weight is 923 g/mol. The van der Waals surface area contributed by atoms with Crippen molar-refractivity contribution in [1.82, 2.24) is 19.9 Å². The van der Waals surface area contributed by atoms with Crippen LogP contribution in [-0.4, -0.2) is 68.2 Å². The molecule has 11 rings (SSSR count). The van der Waals surface area contributed by atoms with E-state index in [0.29, 0.717) is 25.7 Å². The van der Waals surface area contributed by atoms with Gasteiger partial charge in [-0.05, 0) is 151 Å². The summed E-state index contributed by atoms with van der Waals surface area (Å²) in [6, 6.07) is 8.67. The number of rotatable bonds is 0. The van der Waals surface area contributed by atoms with E-state index in [2.05, 4.69) is 58.5 Å². The smallest absolute Gasteiger partial charge is 0.306 e. The molecule has 358 valence electrons. The van der Waals surface area contributed by atoms with Crippen LogP contribution in [0.25, 0.3) is 46.4 Å². The normalized spacial score (nSPS) is 29.4. The van der Waals surface area contributed by atoms with Crippen LogP contribution in [0, 0.1) is 0 Å². The number of fused-ring (bicyclic) bond motifs is 16. The number of aromatic nitrogens is 4. The van der Waals surface area contributed by atoms with Crippen molar-refractivity contribution in [2.45, 2.75) is 202 Å². The third kappa shape index (κ3) is 9.20. The van der Waals surface area contributed by atoms with Crippen LogP contribution >= 0.6 is 0 Å². The molecule has 68 heavy (non-hydrogen) atoms. The lowest BCUT2D eigenvalue weighted by Crippen LogP contribution is -2.30. The van der Waals surface area contributed by atoms with E-state index in [1.165, 1.54) is 0 Å². The number of nitrogens with zero attached hydrogens (tertiary/aromatic N) is 2. The van der Waals surface area contributed by atoms with Crippen molar-refractivity contribution in [3.8, 4) is 0 Å². The average Bonchev–Trinajstić information content (AvgIpc) is 4.19. The Bertz CT molecular complexity index is 2640. The van der Waals surface area contributed by atoms with Gasteiger partial charge in [0, 0.05) is 93.7 Å². The number of esters is 4. The lowest BCUT2D eigenvalue weighted by Gasteiger charge is -2.32. The molecule has 8 aliphatic rings. The van der Waals surface area contributed by atoms with Gasteiger partial charge in [0.25, 0.3) is 0 Å². The van der Waals surface area contributed by atoms with E-state index in [1.54, 1.807) is 0 Å². The van der Waals surface area contributed by atoms with Gasteiger partial charge in [-0.1, -0.05) is 25.7 Å². The first kappa shape index (κ1) is 45.0. The van der Waals surface area contributed by atoms with Crippen LogP contribution in [0.5, 0.6) is 0 Å². The molecule has 4 fully saturated rings. The monoisotopic (exact) mass is 922 g/mol. The summed E-state index contributed by atoms with van der Waals surface area (Å²) in [5, 5.41) is 0. The predicted molar refractivity (Wildman–Crippen MR) is 260 cm³/mol. The number of H-pyrrole nitrogens is 2. The molecule has 4 saturated carbocycles. The SMILES string of the molecule is O=C1CCCCC(=O)O[C@H]2CCCC[C@@H]2c2c3nc(c(c4nc(c5c6ccc([nH]6)c(c6ccc2[nH]6)[C@H]2CCCC[C@@H]2OC(=O)CCCCC(=O)O[C@H]2CCCC[C@H]52)C=C4)[C@H]2CCCC[C@@H]2O1)C=C3. The molecule has 0 saturated heterocycles. The van der Waals surface area contributed by atoms with Gasteiger partial charge in [-0.15, -0.1) is 0 Å². The Kier molecular flexibility index (Phi) is 13.1. The molecule has 7 heterocycles. The highest BCUT2D eigenvalue weighted by Gasteiger charge is 2.39. The van der Waals surface area contributed by atoms with E-state index in [9.17, 15) is 19.2 Å². The third-order valence-corrected chi connectivity index (χ3v) is 16.4. The highest BCUT2D eigenvalue weighted by Crippen LogP contribution is 2.46. The fraction of sp³-hybridized carbons (Fsp3) is 0.571. The first-order valence-electron chi connectivity index (χ1n) is 26.3. The number of aromatic amines is 2. The summed E-state index contributed by atoms with van der Waals surface area (Å²) in [7, 11) is 0. The molecule has 3 aromatic rings. The van der Waals surface area contributed by atoms with Crippen molar-refractivity contribution in [2.75, 3.05) is 0 Å². The molecule has 12 heteroatoms. The van der Waals surface area contributed by atoms with Gasteiger partial charge in [-0.3, -0.25) is 19.2 Å². The highest BCUT2D eigenvalue weighted by atomic mass is 16.6. The van der Waals surface area contributed by atoms with Crippen LogP contribution < -0.4 is 0 Å². The topological polar surface area (TPSA) is 163 Å². The zero-order chi connectivity index (χ0) is 46.1. The number of hydrogen-bond acceptors (Lipinski definition) is 10. The molecule has 0 amide bonds. The number of carbonyl (C=O) groups is 4. The van der Waals surface area contributed by atoms with Gasteiger partial charge in [0.05, 0.1) is 22.8 Å². The molecule has 0 radical (unpaired) electrons. The van der Waals surface area contributed by atoms with Crippen LogP contribution in [-0.2, 0) is 38.1 Å². The Labute approximate surface area is 398 Å². The number of carbonyl (C=O) groups excluding carboxylic acids is 4. The van der Waals surface area contributed by atoms with Crippen molar-refractivity contribution in [3.63, 3.8) is 0 Å². The molecule has 4 aliphatic heterocycles. The highest BCUT2D eigenvalue weighted by molar-refractivity contribution is 5.85. The van der Waals surface area contributed by atoms with Gasteiger partial charge in [0.1, 0.15) is 24.4 Å². The molecule has 0 spiro atoms. The molecule has 0 unspecified atom stereocenters. The molecule has 0 aromatic carbocycles. The molecule has 8 atom stereocenters. The van der Waals surface area contributed by atoms with Crippen molar-refractivity contribution in [2.24, 2.45) is 0 Å². The van der Waals surface area contributed by atoms with Crippen LogP contribution in [0.15, 0.2) is 24.3 Å². The summed E-state index contributed by atoms with van der Waals surface area (Å²) in [6.45, 7) is 0. The summed E-state index contributed by atoms with van der Waals surface area (Å²) < 4.78 is 25.7. The first-order valence-corrected chi connectivity index (χ1v) is 26.3. The minimum Gasteiger partial charge on any atom is -0.462 e. The zero-order valence-corrected chi connectivity index (χ0v) is 39.4. The van der Waals surface area contributed by atoms with Gasteiger partial charge in [-0.2, -0.15) is 0 Å². The van der Waals surface area contributed by atoms with E-state index in [1.807, 2.05) is 0 Å². The van der Waals surface area contributed by atoms with E-state index in [0.717, 1.165) is 170 Å². The summed E-state index contributed by atoms with van der Waals surface area (Å²) in [6.07, 6.45) is 24.6. The lowest BCUT2D eigenvalue weighted by molar-refractivity contribution is -0.154. The van der Waals surface area contributed by atoms with Crippen LogP contribution in [0.3, 0.4) is 0 Å². The first-order chi connectivity index (χ1) is 33.3. The summed E-state index contributed by atoms with van der Waals surface area (Å²) in [5.41, 5.74) is 11.1. The molecule has 4 aliphatic carbocycles. The van der Waals surface area contributed by atoms with E-state index in [4.69, 9.17) is 28.9 Å². The van der Waals surface area contributed by atoms with Crippen molar-refractivity contribution in [3.05, 3.63) is 69.3 Å². The van der Waals surface area contributed by atoms with E-state index < -0.39 is 0 Å². The maximum Gasteiger partial charge on any atom is 0.306 e. The van der Waals surface area contributed by atoms with Crippen LogP contribution in [0.2, 0.25) is 0 Å². The van der Waals surface area contributed by atoms with Gasteiger partial charge >= 0.3 is 23.9 Å². The van der Waals surface area contributed by atoms with Gasteiger partial charge < -0.3 is 28.9 Å². The largest absolute Gasteiger partial charge is 0.462 e. The maximum atomic E-state index is 13.6. The lowest BCUT2D eigenvalue weighted by atomic mass is 9.80. The van der Waals surface area contributed by atoms with Crippen molar-refractivity contribution in [1.29, 1.82) is 0 Å². The van der Waals surface area contributed by atoms with Crippen molar-refractivity contribution >= 4 is 70.2 Å². The van der Waals surface area contributed by atoms with Gasteiger partial charge in [-0.25, -0.2) is 9.97 Å². The number of nitrogens with one attached hydrogen (secondary N) is 2. The fourth-order valence-electron chi connectivity index (χ4n) is 13.1. The fourth-order valence-corrected chi connectivity index (χ4v) is 13.1. The van der Waals surface area contributed by atoms with E-state index >= 15 is 0 Å². The Morgan fingerprint density at radius 2 is 0.603 bits per heavy atom. The maximum absolute atomic E-state index is 13.6. The molecule has 12 nitrogen and oxygen atoms in total. The standard InChI is InChI=1S/C56H66N4O8/c61-49-21-9-10-22-50(62)66-46-18-6-2-14-34(46)54-38-26-25-37(57-38)53(33-13-1-5-17-45(33)65-49)41-29-30-42(59-41)55-35-15-3-7-19-47(35)67-51(63)23-11-12-24-52(64)68-48-20-8-4-16-36(48)56(40-28-27-39(55)58-40)44-32-31-43(54)60-44/h25-36,45-48,57,59H,1-24H2/t33-,34-,35-,36-,45-,46-,47-,48-/m0/s1. The predicted octanol–water partition coefficient (Wildman–Crippen LogP) is 12.1. The van der Waals surface area contributed by atoms with Gasteiger partial charge in [0.15, 0.2) is 0 Å². The summed E-state index contributed by atoms with van der Waals surface area (Å²) in [4.78, 5) is 73.6. The minimum absolute atomic E-state index is 0.0902. The Morgan fingerprint density at radius 3 is 0.941 bits per heavy atom. The van der Waals surface area contributed by atoms with E-state index in [-0.39, 0.29) is 97.6 Å². The van der Waals surface area contributed by atoms with Crippen LogP contribution in [0.4, 0.5) is 0 Å². The Hall–Kier alpha value is -5.52. The third-order valence-electron chi connectivity index (χ3n) is 16.4. The zero-order valence-electron chi connectivity index (χ0n) is 39.4. The Balaban J connectivity index is 1.23. The molecular weight excluding hydrogens is 857 g/mol. The summed E-state index contributed by atoms with van der Waals surface area (Å²) in [5.74, 6) is -1.38. The second-order valence-corrected chi connectivity index (χ2v) is 20.7. The second-order valence-electron chi connectivity index (χ2n) is 20.7. The Morgan fingerprint density at radius 1 is 0.338 bits per heavy atom. The van der Waals surface area contributed by atoms with Crippen LogP contribution in [0.1, 0.15) is 223 Å². The quantitative estimate of drug-likeness (QED) is 0.113. The summed E-state index contributed by atoms with van der Waals surface area (Å²) >= 11 is 0. The molecule has 12 bridgehead atoms. The second kappa shape index (κ2) is 19.8. The molecule has 3 aromatic heterocycles. The number of ether oxygens (including phenoxy) is 4. The minimum atomic E-state index is -0.348. The molecular formula is C56H66N4O8. The molecule has 2 N–H and O–H groups in total.